The fourth-order valence-corrected chi connectivity index (χ4v) is 2.40. The molecule has 1 fully saturated rings. The first-order valence-electron chi connectivity index (χ1n) is 7.42. The molecule has 1 N–H and O–H groups in total. The van der Waals surface area contributed by atoms with Crippen LogP contribution in [0.5, 0.6) is 0 Å². The lowest BCUT2D eigenvalue weighted by molar-refractivity contribution is 0.102. The molecule has 7 heteroatoms. The molecule has 0 atom stereocenters. The van der Waals surface area contributed by atoms with E-state index in [4.69, 9.17) is 4.74 Å². The summed E-state index contributed by atoms with van der Waals surface area (Å²) in [5.41, 5.74) is 1.73. The van der Waals surface area contributed by atoms with Gasteiger partial charge in [-0.05, 0) is 30.3 Å². The van der Waals surface area contributed by atoms with Crippen molar-refractivity contribution in [1.29, 1.82) is 0 Å². The number of carbonyl (C=O) groups is 1. The highest BCUT2D eigenvalue weighted by Gasteiger charge is 2.12. The van der Waals surface area contributed by atoms with Gasteiger partial charge in [0, 0.05) is 37.6 Å². The van der Waals surface area contributed by atoms with Crippen molar-refractivity contribution in [2.75, 3.05) is 36.5 Å². The first-order valence-corrected chi connectivity index (χ1v) is 7.42. The smallest absolute Gasteiger partial charge is 0.276 e. The number of anilines is 2. The van der Waals surface area contributed by atoms with Crippen molar-refractivity contribution in [3.8, 4) is 0 Å². The van der Waals surface area contributed by atoms with Gasteiger partial charge in [0.25, 0.3) is 11.5 Å². The Morgan fingerprint density at radius 3 is 2.48 bits per heavy atom. The highest BCUT2D eigenvalue weighted by Crippen LogP contribution is 2.19. The van der Waals surface area contributed by atoms with Gasteiger partial charge in [-0.15, -0.1) is 0 Å². The maximum atomic E-state index is 12.1. The molecule has 0 aliphatic carbocycles. The summed E-state index contributed by atoms with van der Waals surface area (Å²) in [4.78, 5) is 25.7. The van der Waals surface area contributed by atoms with E-state index in [1.807, 2.05) is 24.3 Å². The molecule has 0 saturated carbocycles. The van der Waals surface area contributed by atoms with E-state index >= 15 is 0 Å². The van der Waals surface area contributed by atoms with Crippen LogP contribution in [0.15, 0.2) is 41.2 Å². The van der Waals surface area contributed by atoms with Crippen LogP contribution in [-0.4, -0.2) is 42.0 Å². The normalized spacial score (nSPS) is 14.6. The van der Waals surface area contributed by atoms with E-state index in [2.05, 4.69) is 15.3 Å². The molecule has 1 aromatic heterocycles. The Bertz CT molecular complexity index is 749. The number of hydrogen-bond donors (Lipinski definition) is 1. The molecule has 120 valence electrons. The third kappa shape index (κ3) is 3.57. The maximum absolute atomic E-state index is 12.1. The van der Waals surface area contributed by atoms with Gasteiger partial charge in [-0.1, -0.05) is 0 Å². The first-order chi connectivity index (χ1) is 11.1. The number of aryl methyl sites for hydroxylation is 1. The number of morpholine rings is 1. The second-order valence-corrected chi connectivity index (χ2v) is 5.28. The lowest BCUT2D eigenvalue weighted by atomic mass is 10.2. The number of aromatic nitrogens is 2. The molecule has 1 aliphatic heterocycles. The van der Waals surface area contributed by atoms with E-state index < -0.39 is 0 Å². The Morgan fingerprint density at radius 2 is 1.83 bits per heavy atom. The van der Waals surface area contributed by atoms with Crippen LogP contribution >= 0.6 is 0 Å². The van der Waals surface area contributed by atoms with Gasteiger partial charge in [0.1, 0.15) is 5.69 Å². The van der Waals surface area contributed by atoms with Crippen LogP contribution in [-0.2, 0) is 11.8 Å². The zero-order chi connectivity index (χ0) is 16.2. The fraction of sp³-hybridized carbons (Fsp3) is 0.312. The van der Waals surface area contributed by atoms with Crippen molar-refractivity contribution in [2.24, 2.45) is 7.05 Å². The molecule has 0 bridgehead atoms. The zero-order valence-corrected chi connectivity index (χ0v) is 12.9. The second-order valence-electron chi connectivity index (χ2n) is 5.28. The van der Waals surface area contributed by atoms with Gasteiger partial charge in [0.05, 0.1) is 13.2 Å². The highest BCUT2D eigenvalue weighted by molar-refractivity contribution is 6.02. The summed E-state index contributed by atoms with van der Waals surface area (Å²) in [5.74, 6) is -0.347. The fourth-order valence-electron chi connectivity index (χ4n) is 2.40. The van der Waals surface area contributed by atoms with Crippen molar-refractivity contribution < 1.29 is 9.53 Å². The van der Waals surface area contributed by atoms with E-state index in [1.165, 1.54) is 19.2 Å². The third-order valence-corrected chi connectivity index (χ3v) is 3.69. The number of amides is 1. The van der Waals surface area contributed by atoms with Gasteiger partial charge in [-0.25, -0.2) is 4.68 Å². The number of hydrogen-bond acceptors (Lipinski definition) is 5. The molecule has 3 rings (SSSR count). The minimum absolute atomic E-state index is 0.198. The van der Waals surface area contributed by atoms with Crippen LogP contribution < -0.4 is 15.8 Å². The summed E-state index contributed by atoms with van der Waals surface area (Å²) in [7, 11) is 1.51. The van der Waals surface area contributed by atoms with Crippen molar-refractivity contribution in [3.63, 3.8) is 0 Å². The Labute approximate surface area is 133 Å². The molecule has 7 nitrogen and oxygen atoms in total. The minimum Gasteiger partial charge on any atom is -0.378 e. The number of nitrogens with one attached hydrogen (secondary N) is 1. The van der Waals surface area contributed by atoms with Gasteiger partial charge in [0.15, 0.2) is 0 Å². The molecule has 1 saturated heterocycles. The van der Waals surface area contributed by atoms with Gasteiger partial charge >= 0.3 is 0 Å². The van der Waals surface area contributed by atoms with Gasteiger partial charge in [0.2, 0.25) is 0 Å². The van der Waals surface area contributed by atoms with Crippen molar-refractivity contribution in [2.45, 2.75) is 0 Å². The largest absolute Gasteiger partial charge is 0.378 e. The molecule has 0 radical (unpaired) electrons. The molecule has 23 heavy (non-hydrogen) atoms. The van der Waals surface area contributed by atoms with Gasteiger partial charge in [-0.3, -0.25) is 9.59 Å². The topological polar surface area (TPSA) is 76.5 Å². The number of carbonyl (C=O) groups excluding carboxylic acids is 1. The van der Waals surface area contributed by atoms with Crippen LogP contribution in [0.2, 0.25) is 0 Å². The number of benzene rings is 1. The Balaban J connectivity index is 1.68. The number of rotatable bonds is 3. The first kappa shape index (κ1) is 15.2. The molecule has 0 unspecified atom stereocenters. The van der Waals surface area contributed by atoms with E-state index in [0.29, 0.717) is 5.69 Å². The predicted molar refractivity (Wildman–Crippen MR) is 86.9 cm³/mol. The Hall–Kier alpha value is -2.67. The van der Waals surface area contributed by atoms with Gasteiger partial charge in [-0.2, -0.15) is 5.10 Å². The predicted octanol–water partition coefficient (Wildman–Crippen LogP) is 0.869. The number of nitrogens with zero attached hydrogens (tertiary/aromatic N) is 3. The van der Waals surface area contributed by atoms with E-state index in [9.17, 15) is 9.59 Å². The molecule has 2 aromatic rings. The minimum atomic E-state index is -0.347. The van der Waals surface area contributed by atoms with Crippen LogP contribution in [0.25, 0.3) is 0 Å². The van der Waals surface area contributed by atoms with Crippen molar-refractivity contribution >= 4 is 17.3 Å². The number of ether oxygens (including phenoxy) is 1. The quantitative estimate of drug-likeness (QED) is 0.910. The standard InChI is InChI=1S/C16H18N4O3/c1-19-15(21)7-6-14(18-19)16(22)17-12-2-4-13(5-3-12)20-8-10-23-11-9-20/h2-7H,8-11H2,1H3,(H,17,22). The summed E-state index contributed by atoms with van der Waals surface area (Å²) in [5, 5.41) is 6.70. The monoisotopic (exact) mass is 314 g/mol. The molecule has 1 aromatic carbocycles. The Morgan fingerprint density at radius 1 is 1.13 bits per heavy atom. The molecular weight excluding hydrogens is 296 g/mol. The summed E-state index contributed by atoms with van der Waals surface area (Å²) < 4.78 is 6.47. The van der Waals surface area contributed by atoms with Crippen LogP contribution in [0, 0.1) is 0 Å². The van der Waals surface area contributed by atoms with E-state index in [0.717, 1.165) is 36.7 Å². The summed E-state index contributed by atoms with van der Waals surface area (Å²) in [6.45, 7) is 3.20. The average Bonchev–Trinajstić information content (AvgIpc) is 2.59. The Kier molecular flexibility index (Phi) is 4.38. The van der Waals surface area contributed by atoms with E-state index in [1.54, 1.807) is 0 Å². The SMILES string of the molecule is Cn1nc(C(=O)Nc2ccc(N3CCOCC3)cc2)ccc1=O. The molecule has 2 heterocycles. The second kappa shape index (κ2) is 6.62. The van der Waals surface area contributed by atoms with E-state index in [-0.39, 0.29) is 17.2 Å². The highest BCUT2D eigenvalue weighted by atomic mass is 16.5. The van der Waals surface area contributed by atoms with Crippen molar-refractivity contribution in [3.05, 3.63) is 52.4 Å². The van der Waals surface area contributed by atoms with Crippen molar-refractivity contribution in [1.82, 2.24) is 9.78 Å². The average molecular weight is 314 g/mol. The summed E-state index contributed by atoms with van der Waals surface area (Å²) in [6.07, 6.45) is 0. The summed E-state index contributed by atoms with van der Waals surface area (Å²) >= 11 is 0. The third-order valence-electron chi connectivity index (χ3n) is 3.69. The van der Waals surface area contributed by atoms with Crippen LogP contribution in [0.1, 0.15) is 10.5 Å². The van der Waals surface area contributed by atoms with Crippen LogP contribution in [0.4, 0.5) is 11.4 Å². The lowest BCUT2D eigenvalue weighted by Crippen LogP contribution is -2.36. The van der Waals surface area contributed by atoms with Crippen LogP contribution in [0.3, 0.4) is 0 Å². The molecule has 1 aliphatic rings. The molecule has 0 spiro atoms. The van der Waals surface area contributed by atoms with Gasteiger partial charge < -0.3 is 15.0 Å². The maximum Gasteiger partial charge on any atom is 0.276 e. The summed E-state index contributed by atoms with van der Waals surface area (Å²) in [6, 6.07) is 10.4. The molecular formula is C16H18N4O3. The molecule has 1 amide bonds. The lowest BCUT2D eigenvalue weighted by Gasteiger charge is -2.28. The zero-order valence-electron chi connectivity index (χ0n) is 12.9.